The number of nitrogens with one attached hydrogen (secondary N) is 1. The van der Waals surface area contributed by atoms with Gasteiger partial charge in [-0.15, -0.1) is 0 Å². The number of sulfonamides is 1. The smallest absolute Gasteiger partial charge is 0.264 e. The van der Waals surface area contributed by atoms with Gasteiger partial charge in [0.1, 0.15) is 18.3 Å². The molecule has 0 atom stereocenters. The second-order valence-corrected chi connectivity index (χ2v) is 9.61. The highest BCUT2D eigenvalue weighted by Gasteiger charge is 2.14. The molecule has 2 aromatic heterocycles. The largest absolute Gasteiger partial charge is 0.354 e. The van der Waals surface area contributed by atoms with E-state index in [0.29, 0.717) is 24.0 Å². The van der Waals surface area contributed by atoms with Crippen LogP contribution in [0.4, 0.5) is 0 Å². The van der Waals surface area contributed by atoms with Crippen LogP contribution in [0.5, 0.6) is 0 Å². The lowest BCUT2D eigenvalue weighted by atomic mass is 10.1. The summed E-state index contributed by atoms with van der Waals surface area (Å²) >= 11 is 0. The van der Waals surface area contributed by atoms with E-state index < -0.39 is 10.0 Å². The molecule has 0 aliphatic rings. The SMILES string of the molecule is Cc1ccc(-n2ncc3c(=O)n(CC(=O)NCCc4ccc(S(N)(=O)=O)cc4)cnc32)c(C)c1. The molecule has 0 unspecified atom stereocenters. The number of rotatable bonds is 7. The molecule has 34 heavy (non-hydrogen) atoms. The molecule has 4 rings (SSSR count). The van der Waals surface area contributed by atoms with Gasteiger partial charge in [0.05, 0.1) is 16.8 Å². The van der Waals surface area contributed by atoms with E-state index in [0.717, 1.165) is 22.4 Å². The fraction of sp³-hybridized carbons (Fsp3) is 0.217. The van der Waals surface area contributed by atoms with Crippen molar-refractivity contribution in [2.24, 2.45) is 5.14 Å². The molecule has 4 aromatic rings. The van der Waals surface area contributed by atoms with E-state index in [1.807, 2.05) is 32.0 Å². The van der Waals surface area contributed by atoms with E-state index in [9.17, 15) is 18.0 Å². The van der Waals surface area contributed by atoms with Crippen molar-refractivity contribution < 1.29 is 13.2 Å². The summed E-state index contributed by atoms with van der Waals surface area (Å²) in [7, 11) is -3.74. The van der Waals surface area contributed by atoms with Crippen LogP contribution >= 0.6 is 0 Å². The maximum absolute atomic E-state index is 12.9. The molecule has 0 aliphatic heterocycles. The molecule has 0 aliphatic carbocycles. The number of aryl methyl sites for hydroxylation is 2. The second kappa shape index (κ2) is 9.20. The van der Waals surface area contributed by atoms with Gasteiger partial charge in [0.15, 0.2) is 5.65 Å². The zero-order valence-corrected chi connectivity index (χ0v) is 19.5. The van der Waals surface area contributed by atoms with Gasteiger partial charge in [-0.25, -0.2) is 23.2 Å². The first-order chi connectivity index (χ1) is 16.1. The predicted molar refractivity (Wildman–Crippen MR) is 127 cm³/mol. The van der Waals surface area contributed by atoms with Crippen LogP contribution in [0.1, 0.15) is 16.7 Å². The average Bonchev–Trinajstić information content (AvgIpc) is 3.20. The van der Waals surface area contributed by atoms with Crippen LogP contribution in [0.3, 0.4) is 0 Å². The molecule has 11 heteroatoms. The number of fused-ring (bicyclic) bond motifs is 1. The molecule has 0 saturated heterocycles. The Bertz CT molecular complexity index is 1540. The molecule has 3 N–H and O–H groups in total. The molecule has 2 heterocycles. The van der Waals surface area contributed by atoms with Crippen LogP contribution in [-0.4, -0.2) is 40.2 Å². The van der Waals surface area contributed by atoms with Gasteiger partial charge in [-0.2, -0.15) is 5.10 Å². The summed E-state index contributed by atoms with van der Waals surface area (Å²) in [4.78, 5) is 29.7. The molecule has 0 radical (unpaired) electrons. The Morgan fingerprint density at radius 1 is 1.12 bits per heavy atom. The van der Waals surface area contributed by atoms with Gasteiger partial charge in [-0.3, -0.25) is 14.2 Å². The topological polar surface area (TPSA) is 142 Å². The van der Waals surface area contributed by atoms with Gasteiger partial charge < -0.3 is 5.32 Å². The molecule has 0 saturated carbocycles. The highest BCUT2D eigenvalue weighted by molar-refractivity contribution is 7.89. The number of carbonyl (C=O) groups is 1. The first-order valence-corrected chi connectivity index (χ1v) is 12.1. The number of aromatic nitrogens is 4. The Morgan fingerprint density at radius 2 is 1.85 bits per heavy atom. The van der Waals surface area contributed by atoms with Gasteiger partial charge in [0, 0.05) is 6.54 Å². The Morgan fingerprint density at radius 3 is 2.53 bits per heavy atom. The lowest BCUT2D eigenvalue weighted by Crippen LogP contribution is -2.33. The highest BCUT2D eigenvalue weighted by atomic mass is 32.2. The monoisotopic (exact) mass is 480 g/mol. The van der Waals surface area contributed by atoms with Gasteiger partial charge in [-0.1, -0.05) is 29.8 Å². The van der Waals surface area contributed by atoms with Crippen LogP contribution in [0, 0.1) is 13.8 Å². The molecule has 0 fully saturated rings. The fourth-order valence-corrected chi connectivity index (χ4v) is 4.20. The molecular weight excluding hydrogens is 456 g/mol. The number of nitrogens with two attached hydrogens (primary N) is 1. The third-order valence-corrected chi connectivity index (χ3v) is 6.37. The lowest BCUT2D eigenvalue weighted by molar-refractivity contribution is -0.121. The van der Waals surface area contributed by atoms with E-state index in [4.69, 9.17) is 5.14 Å². The van der Waals surface area contributed by atoms with Crippen molar-refractivity contribution in [3.8, 4) is 5.69 Å². The number of benzene rings is 2. The summed E-state index contributed by atoms with van der Waals surface area (Å²) in [6.07, 6.45) is 3.30. The summed E-state index contributed by atoms with van der Waals surface area (Å²) in [5.74, 6) is -0.342. The third-order valence-electron chi connectivity index (χ3n) is 5.44. The third kappa shape index (κ3) is 4.90. The standard InChI is InChI=1S/C23H24N6O4S/c1-15-3-8-20(16(2)11-15)29-22-19(12-27-29)23(31)28(14-26-22)13-21(30)25-10-9-17-4-6-18(7-5-17)34(24,32)33/h3-8,11-12,14H,9-10,13H2,1-2H3,(H,25,30)(H2,24,32,33). The van der Waals surface area contributed by atoms with Crippen molar-refractivity contribution in [1.82, 2.24) is 24.6 Å². The van der Waals surface area contributed by atoms with Crippen molar-refractivity contribution in [3.05, 3.63) is 82.0 Å². The summed E-state index contributed by atoms with van der Waals surface area (Å²) in [6.45, 7) is 4.11. The van der Waals surface area contributed by atoms with Crippen molar-refractivity contribution in [2.75, 3.05) is 6.54 Å². The van der Waals surface area contributed by atoms with Gasteiger partial charge >= 0.3 is 0 Å². The summed E-state index contributed by atoms with van der Waals surface area (Å²) in [5, 5.41) is 12.5. The van der Waals surface area contributed by atoms with E-state index >= 15 is 0 Å². The molecular formula is C23H24N6O4S. The maximum atomic E-state index is 12.9. The lowest BCUT2D eigenvalue weighted by Gasteiger charge is -2.09. The van der Waals surface area contributed by atoms with E-state index in [1.54, 1.807) is 16.8 Å². The number of nitrogens with zero attached hydrogens (tertiary/aromatic N) is 4. The van der Waals surface area contributed by atoms with Crippen LogP contribution in [0.15, 0.2) is 64.7 Å². The normalized spacial score (nSPS) is 11.6. The molecule has 10 nitrogen and oxygen atoms in total. The van der Waals surface area contributed by atoms with Crippen LogP contribution in [0.2, 0.25) is 0 Å². The van der Waals surface area contributed by atoms with E-state index in [-0.39, 0.29) is 22.9 Å². The maximum Gasteiger partial charge on any atom is 0.264 e. The Kier molecular flexibility index (Phi) is 6.31. The number of primary sulfonamides is 1. The number of hydrogen-bond donors (Lipinski definition) is 2. The predicted octanol–water partition coefficient (Wildman–Crippen LogP) is 1.21. The summed E-state index contributed by atoms with van der Waals surface area (Å²) in [5.41, 5.74) is 3.88. The highest BCUT2D eigenvalue weighted by Crippen LogP contribution is 2.18. The van der Waals surface area contributed by atoms with Crippen LogP contribution < -0.4 is 16.0 Å². The number of carbonyl (C=O) groups excluding carboxylic acids is 1. The molecule has 0 spiro atoms. The zero-order chi connectivity index (χ0) is 24.5. The van der Waals surface area contributed by atoms with Crippen LogP contribution in [-0.2, 0) is 27.8 Å². The van der Waals surface area contributed by atoms with E-state index in [2.05, 4.69) is 15.4 Å². The minimum absolute atomic E-state index is 0.0309. The number of hydrogen-bond acceptors (Lipinski definition) is 6. The Balaban J connectivity index is 1.42. The fourth-order valence-electron chi connectivity index (χ4n) is 3.68. The first-order valence-electron chi connectivity index (χ1n) is 10.5. The Hall–Kier alpha value is -3.83. The molecule has 1 amide bonds. The van der Waals surface area contributed by atoms with Gasteiger partial charge in [0.25, 0.3) is 5.56 Å². The van der Waals surface area contributed by atoms with Crippen molar-refractivity contribution in [1.29, 1.82) is 0 Å². The quantitative estimate of drug-likeness (QED) is 0.407. The molecule has 176 valence electrons. The van der Waals surface area contributed by atoms with Crippen molar-refractivity contribution >= 4 is 27.0 Å². The molecule has 0 bridgehead atoms. The van der Waals surface area contributed by atoms with Crippen molar-refractivity contribution in [3.63, 3.8) is 0 Å². The summed E-state index contributed by atoms with van der Waals surface area (Å²) < 4.78 is 25.5. The van der Waals surface area contributed by atoms with Gasteiger partial charge in [-0.05, 0) is 49.6 Å². The minimum Gasteiger partial charge on any atom is -0.354 e. The van der Waals surface area contributed by atoms with Crippen LogP contribution in [0.25, 0.3) is 16.7 Å². The molecule has 2 aromatic carbocycles. The number of amides is 1. The van der Waals surface area contributed by atoms with E-state index in [1.165, 1.54) is 29.2 Å². The second-order valence-electron chi connectivity index (χ2n) is 8.05. The average molecular weight is 481 g/mol. The van der Waals surface area contributed by atoms with Gasteiger partial charge in [0.2, 0.25) is 15.9 Å². The zero-order valence-electron chi connectivity index (χ0n) is 18.7. The first kappa shape index (κ1) is 23.3. The van der Waals surface area contributed by atoms with Crippen molar-refractivity contribution in [2.45, 2.75) is 31.7 Å². The minimum atomic E-state index is -3.74. The Labute approximate surface area is 196 Å². The summed E-state index contributed by atoms with van der Waals surface area (Å²) in [6, 6.07) is 12.1.